The third-order valence-electron chi connectivity index (χ3n) is 5.76. The first-order valence-electron chi connectivity index (χ1n) is 5.65. The SMILES string of the molecule is BrC1(Br)[C@H]2C[C@]34CCC[C@]3(C[C@@H]21)C4(Br)Br. The van der Waals surface area contributed by atoms with Crippen molar-refractivity contribution in [2.24, 2.45) is 22.7 Å². The number of hydrogen-bond donors (Lipinski definition) is 0. The highest BCUT2D eigenvalue weighted by atomic mass is 79.9. The van der Waals surface area contributed by atoms with Crippen LogP contribution >= 0.6 is 63.7 Å². The summed E-state index contributed by atoms with van der Waals surface area (Å²) in [6, 6.07) is 0. The Kier molecular flexibility index (Phi) is 1.87. The maximum absolute atomic E-state index is 3.98. The molecule has 0 N–H and O–H groups in total. The van der Waals surface area contributed by atoms with Crippen molar-refractivity contribution < 1.29 is 0 Å². The molecule has 0 unspecified atom stereocenters. The number of rotatable bonds is 0. The molecule has 0 aromatic carbocycles. The molecular weight excluding hydrogens is 452 g/mol. The van der Waals surface area contributed by atoms with Gasteiger partial charge in [-0.3, -0.25) is 0 Å². The largest absolute Gasteiger partial charge is 0.0929 e. The molecule has 0 aromatic rings. The van der Waals surface area contributed by atoms with Crippen LogP contribution in [-0.4, -0.2) is 6.47 Å². The predicted octanol–water partition coefficient (Wildman–Crippen LogP) is 5.17. The molecule has 0 aliphatic heterocycles. The summed E-state index contributed by atoms with van der Waals surface area (Å²) in [7, 11) is 0. The zero-order valence-electron chi connectivity index (χ0n) is 8.20. The summed E-state index contributed by atoms with van der Waals surface area (Å²) in [6.45, 7) is 0. The third kappa shape index (κ3) is 0.889. The molecule has 4 heteroatoms. The van der Waals surface area contributed by atoms with Crippen molar-refractivity contribution in [3.05, 3.63) is 0 Å². The van der Waals surface area contributed by atoms with Crippen LogP contribution in [0.5, 0.6) is 0 Å². The van der Waals surface area contributed by atoms with E-state index in [-0.39, 0.29) is 3.23 Å². The van der Waals surface area contributed by atoms with Gasteiger partial charge in [-0.25, -0.2) is 0 Å². The maximum Gasteiger partial charge on any atom is 0.0929 e. The van der Waals surface area contributed by atoms with Gasteiger partial charge in [0, 0.05) is 10.8 Å². The fraction of sp³-hybridized carbons (Fsp3) is 1.00. The average Bonchev–Trinajstić information content (AvgIpc) is 2.72. The Bertz CT molecular complexity index is 334. The molecule has 0 nitrogen and oxygen atoms in total. The highest BCUT2D eigenvalue weighted by Gasteiger charge is 2.91. The molecule has 0 bridgehead atoms. The Labute approximate surface area is 124 Å². The van der Waals surface area contributed by atoms with E-state index in [0.29, 0.717) is 14.1 Å². The summed E-state index contributed by atoms with van der Waals surface area (Å²) in [5, 5.41) is 0. The van der Waals surface area contributed by atoms with Gasteiger partial charge >= 0.3 is 0 Å². The van der Waals surface area contributed by atoms with Crippen LogP contribution in [0.3, 0.4) is 0 Å². The Hall–Kier alpha value is 1.92. The molecule has 84 valence electrons. The monoisotopic (exact) mass is 460 g/mol. The molecule has 0 spiro atoms. The first-order chi connectivity index (χ1) is 6.89. The van der Waals surface area contributed by atoms with Crippen molar-refractivity contribution in [3.8, 4) is 0 Å². The topological polar surface area (TPSA) is 0 Å². The van der Waals surface area contributed by atoms with E-state index in [4.69, 9.17) is 0 Å². The third-order valence-corrected chi connectivity index (χ3v) is 11.2. The lowest BCUT2D eigenvalue weighted by Gasteiger charge is -2.21. The number of fused-ring (bicyclic) bond motifs is 1. The van der Waals surface area contributed by atoms with Crippen LogP contribution in [0.25, 0.3) is 0 Å². The van der Waals surface area contributed by atoms with Gasteiger partial charge in [0.05, 0.1) is 6.47 Å². The van der Waals surface area contributed by atoms with E-state index in [0.717, 1.165) is 11.8 Å². The van der Waals surface area contributed by atoms with Crippen LogP contribution in [-0.2, 0) is 0 Å². The molecule has 4 fully saturated rings. The molecule has 4 aliphatic rings. The van der Waals surface area contributed by atoms with Gasteiger partial charge in [-0.1, -0.05) is 70.1 Å². The summed E-state index contributed by atoms with van der Waals surface area (Å²) < 4.78 is 0.572. The van der Waals surface area contributed by atoms with Gasteiger partial charge in [-0.05, 0) is 37.5 Å². The number of halogens is 4. The van der Waals surface area contributed by atoms with E-state index in [1.54, 1.807) is 0 Å². The second-order valence-electron chi connectivity index (χ2n) is 5.89. The van der Waals surface area contributed by atoms with Crippen LogP contribution in [0.1, 0.15) is 32.1 Å². The molecule has 0 aromatic heterocycles. The Balaban J connectivity index is 1.77. The van der Waals surface area contributed by atoms with Gasteiger partial charge in [0.1, 0.15) is 0 Å². The lowest BCUT2D eigenvalue weighted by Crippen LogP contribution is -2.14. The Morgan fingerprint density at radius 2 is 1.27 bits per heavy atom. The first-order valence-corrected chi connectivity index (χ1v) is 8.82. The van der Waals surface area contributed by atoms with Crippen molar-refractivity contribution in [2.75, 3.05) is 0 Å². The summed E-state index contributed by atoms with van der Waals surface area (Å²) in [5.74, 6) is 1.72. The van der Waals surface area contributed by atoms with Gasteiger partial charge in [0.15, 0.2) is 0 Å². The van der Waals surface area contributed by atoms with E-state index in [1.807, 2.05) is 0 Å². The van der Waals surface area contributed by atoms with E-state index in [9.17, 15) is 0 Å². The molecule has 0 saturated heterocycles. The van der Waals surface area contributed by atoms with Crippen molar-refractivity contribution in [2.45, 2.75) is 38.6 Å². The first kappa shape index (κ1) is 10.8. The van der Waals surface area contributed by atoms with Crippen LogP contribution < -0.4 is 0 Å². The van der Waals surface area contributed by atoms with Gasteiger partial charge in [-0.15, -0.1) is 0 Å². The van der Waals surface area contributed by atoms with E-state index in [1.165, 1.54) is 32.1 Å². The molecule has 4 rings (SSSR count). The molecule has 4 aliphatic carbocycles. The van der Waals surface area contributed by atoms with Gasteiger partial charge in [-0.2, -0.15) is 0 Å². The van der Waals surface area contributed by atoms with Crippen molar-refractivity contribution in [3.63, 3.8) is 0 Å². The number of alkyl halides is 4. The lowest BCUT2D eigenvalue weighted by atomic mass is 9.82. The van der Waals surface area contributed by atoms with Gasteiger partial charge in [0.2, 0.25) is 0 Å². The Morgan fingerprint density at radius 3 is 1.73 bits per heavy atom. The fourth-order valence-corrected chi connectivity index (χ4v) is 9.26. The van der Waals surface area contributed by atoms with Crippen LogP contribution in [0.2, 0.25) is 0 Å². The smallest absolute Gasteiger partial charge is 0.0721 e. The molecule has 4 atom stereocenters. The molecular formula is C11H12Br4. The second kappa shape index (κ2) is 2.60. The van der Waals surface area contributed by atoms with Gasteiger partial charge in [0.25, 0.3) is 0 Å². The summed E-state index contributed by atoms with van der Waals surface area (Å²) in [6.07, 6.45) is 7.07. The van der Waals surface area contributed by atoms with Gasteiger partial charge < -0.3 is 0 Å². The summed E-state index contributed by atoms with van der Waals surface area (Å²) in [5.41, 5.74) is 1.15. The van der Waals surface area contributed by atoms with Crippen LogP contribution in [0, 0.1) is 22.7 Å². The van der Waals surface area contributed by atoms with E-state index < -0.39 is 0 Å². The van der Waals surface area contributed by atoms with Crippen molar-refractivity contribution >= 4 is 63.7 Å². The molecule has 0 heterocycles. The van der Waals surface area contributed by atoms with E-state index in [2.05, 4.69) is 63.7 Å². The van der Waals surface area contributed by atoms with E-state index >= 15 is 0 Å². The fourth-order valence-electron chi connectivity index (χ4n) is 4.85. The van der Waals surface area contributed by atoms with Crippen molar-refractivity contribution in [1.82, 2.24) is 0 Å². The minimum atomic E-state index is 0.280. The zero-order chi connectivity index (χ0) is 10.7. The lowest BCUT2D eigenvalue weighted by molar-refractivity contribution is 0.265. The van der Waals surface area contributed by atoms with Crippen molar-refractivity contribution in [1.29, 1.82) is 0 Å². The van der Waals surface area contributed by atoms with Crippen LogP contribution in [0.15, 0.2) is 0 Å². The Morgan fingerprint density at radius 1 is 0.800 bits per heavy atom. The molecule has 15 heavy (non-hydrogen) atoms. The number of hydrogen-bond acceptors (Lipinski definition) is 0. The summed E-state index contributed by atoms with van der Waals surface area (Å²) >= 11 is 15.7. The second-order valence-corrected chi connectivity index (χ2v) is 13.0. The zero-order valence-corrected chi connectivity index (χ0v) is 14.5. The predicted molar refractivity (Wildman–Crippen MR) is 76.1 cm³/mol. The average molecular weight is 464 g/mol. The molecule has 0 amide bonds. The summed E-state index contributed by atoms with van der Waals surface area (Å²) in [4.78, 5) is 0. The maximum atomic E-state index is 3.98. The highest BCUT2D eigenvalue weighted by molar-refractivity contribution is 9.26. The normalized spacial score (nSPS) is 61.6. The quantitative estimate of drug-likeness (QED) is 0.435. The standard InChI is InChI=1S/C11H12Br4/c12-10(13)6-4-8-2-1-3-9(8,5-7(6)10)11(8,14)15/h6-7H,1-5H2/t6-,7-,8+,9+/m0/s1. The minimum absolute atomic E-state index is 0.280. The minimum Gasteiger partial charge on any atom is -0.0721 e. The molecule has 0 radical (unpaired) electrons. The highest BCUT2D eigenvalue weighted by Crippen LogP contribution is 2.95. The van der Waals surface area contributed by atoms with Crippen LogP contribution in [0.4, 0.5) is 0 Å². The molecule has 4 saturated carbocycles.